The number of pyridine rings is 1. The van der Waals surface area contributed by atoms with Gasteiger partial charge in [-0.2, -0.15) is 0 Å². The molecular formula is C16H21N3O5. The van der Waals surface area contributed by atoms with Gasteiger partial charge in [0.1, 0.15) is 18.9 Å². The number of methoxy groups -OCH3 is 1. The standard InChI is InChI=1S/C16H21N3O5/c1-23-13-6-11(7-17-8-13)15(10-4-12(20)5-10)18-14(21)9-19-2-3-24-16(19)22/h6-8,10,12,15,20H,2-5,9H2,1H3,(H,18,21)/t10?,12?,15-/m0/s1. The molecule has 8 heteroatoms. The van der Waals surface area contributed by atoms with Crippen molar-refractivity contribution in [1.29, 1.82) is 0 Å². The summed E-state index contributed by atoms with van der Waals surface area (Å²) in [6, 6.07) is 1.55. The van der Waals surface area contributed by atoms with Gasteiger partial charge in [0.05, 0.1) is 32.0 Å². The van der Waals surface area contributed by atoms with E-state index in [1.54, 1.807) is 19.5 Å². The van der Waals surface area contributed by atoms with Crippen LogP contribution in [0, 0.1) is 5.92 Å². The SMILES string of the molecule is COc1cncc([C@@H](NC(=O)CN2CCOC2=O)C2CC(O)C2)c1. The Labute approximate surface area is 139 Å². The molecule has 1 saturated carbocycles. The fourth-order valence-corrected chi connectivity index (χ4v) is 3.05. The summed E-state index contributed by atoms with van der Waals surface area (Å²) in [5.41, 5.74) is 0.823. The average Bonchev–Trinajstić information content (AvgIpc) is 2.95. The highest BCUT2D eigenvalue weighted by atomic mass is 16.6. The maximum atomic E-state index is 12.3. The molecule has 2 heterocycles. The minimum absolute atomic E-state index is 0.0397. The third-order valence-electron chi connectivity index (χ3n) is 4.45. The largest absolute Gasteiger partial charge is 0.495 e. The monoisotopic (exact) mass is 335 g/mol. The number of nitrogens with one attached hydrogen (secondary N) is 1. The lowest BCUT2D eigenvalue weighted by Crippen LogP contribution is -2.45. The smallest absolute Gasteiger partial charge is 0.410 e. The van der Waals surface area contributed by atoms with Crippen molar-refractivity contribution >= 4 is 12.0 Å². The molecule has 1 atom stereocenters. The van der Waals surface area contributed by atoms with E-state index < -0.39 is 6.09 Å². The zero-order chi connectivity index (χ0) is 17.1. The van der Waals surface area contributed by atoms with Crippen molar-refractivity contribution in [2.24, 2.45) is 5.92 Å². The summed E-state index contributed by atoms with van der Waals surface area (Å²) in [5.74, 6) is 0.473. The first-order valence-corrected chi connectivity index (χ1v) is 7.95. The van der Waals surface area contributed by atoms with Crippen LogP contribution in [0.15, 0.2) is 18.5 Å². The molecule has 1 aromatic heterocycles. The zero-order valence-electron chi connectivity index (χ0n) is 13.5. The number of carbonyl (C=O) groups excluding carboxylic acids is 2. The summed E-state index contributed by atoms with van der Waals surface area (Å²) in [6.45, 7) is 0.686. The van der Waals surface area contributed by atoms with Crippen molar-refractivity contribution in [1.82, 2.24) is 15.2 Å². The van der Waals surface area contributed by atoms with Gasteiger partial charge in [-0.05, 0) is 30.4 Å². The minimum Gasteiger partial charge on any atom is -0.495 e. The number of hydrogen-bond donors (Lipinski definition) is 2. The predicted molar refractivity (Wildman–Crippen MR) is 83.3 cm³/mol. The molecule has 0 radical (unpaired) electrons. The Morgan fingerprint density at radius 3 is 2.96 bits per heavy atom. The maximum Gasteiger partial charge on any atom is 0.410 e. The predicted octanol–water partition coefficient (Wildman–Crippen LogP) is 0.471. The molecule has 2 fully saturated rings. The topological polar surface area (TPSA) is 101 Å². The number of rotatable bonds is 6. The van der Waals surface area contributed by atoms with E-state index in [1.165, 1.54) is 4.90 Å². The molecule has 1 aliphatic heterocycles. The van der Waals surface area contributed by atoms with Gasteiger partial charge in [-0.1, -0.05) is 0 Å². The van der Waals surface area contributed by atoms with Gasteiger partial charge in [-0.25, -0.2) is 4.79 Å². The van der Waals surface area contributed by atoms with Gasteiger partial charge in [-0.15, -0.1) is 0 Å². The third kappa shape index (κ3) is 3.59. The van der Waals surface area contributed by atoms with Gasteiger partial charge in [0.25, 0.3) is 0 Å². The number of cyclic esters (lactones) is 1. The van der Waals surface area contributed by atoms with Crippen LogP contribution in [0.2, 0.25) is 0 Å². The molecule has 1 aromatic rings. The molecule has 3 rings (SSSR count). The van der Waals surface area contributed by atoms with Crippen LogP contribution in [0.4, 0.5) is 4.79 Å². The van der Waals surface area contributed by atoms with Crippen LogP contribution in [0.5, 0.6) is 5.75 Å². The van der Waals surface area contributed by atoms with E-state index in [4.69, 9.17) is 9.47 Å². The van der Waals surface area contributed by atoms with Crippen molar-refractivity contribution in [3.63, 3.8) is 0 Å². The number of ether oxygens (including phenoxy) is 2. The molecule has 0 aromatic carbocycles. The second-order valence-corrected chi connectivity index (χ2v) is 6.12. The lowest BCUT2D eigenvalue weighted by Gasteiger charge is -2.38. The Hall–Kier alpha value is -2.35. The number of hydrogen-bond acceptors (Lipinski definition) is 6. The fourth-order valence-electron chi connectivity index (χ4n) is 3.05. The highest BCUT2D eigenvalue weighted by Gasteiger charge is 2.36. The van der Waals surface area contributed by atoms with E-state index in [1.807, 2.05) is 6.07 Å². The van der Waals surface area contributed by atoms with E-state index in [2.05, 4.69) is 10.3 Å². The molecule has 2 amide bonds. The van der Waals surface area contributed by atoms with E-state index >= 15 is 0 Å². The number of aliphatic hydroxyl groups excluding tert-OH is 1. The van der Waals surface area contributed by atoms with E-state index in [-0.39, 0.29) is 30.5 Å². The fraction of sp³-hybridized carbons (Fsp3) is 0.562. The number of carbonyl (C=O) groups is 2. The number of nitrogens with zero attached hydrogens (tertiary/aromatic N) is 2. The first-order chi connectivity index (χ1) is 11.6. The summed E-state index contributed by atoms with van der Waals surface area (Å²) < 4.78 is 10.0. The van der Waals surface area contributed by atoms with Crippen LogP contribution < -0.4 is 10.1 Å². The molecular weight excluding hydrogens is 314 g/mol. The van der Waals surface area contributed by atoms with Crippen LogP contribution in [-0.2, 0) is 9.53 Å². The van der Waals surface area contributed by atoms with Gasteiger partial charge >= 0.3 is 6.09 Å². The van der Waals surface area contributed by atoms with Crippen molar-refractivity contribution in [2.45, 2.75) is 25.0 Å². The van der Waals surface area contributed by atoms with Gasteiger partial charge in [-0.3, -0.25) is 14.7 Å². The summed E-state index contributed by atoms with van der Waals surface area (Å²) in [7, 11) is 1.56. The maximum absolute atomic E-state index is 12.3. The summed E-state index contributed by atoms with van der Waals surface area (Å²) in [4.78, 5) is 29.3. The van der Waals surface area contributed by atoms with E-state index in [0.29, 0.717) is 31.7 Å². The molecule has 2 aliphatic rings. The zero-order valence-corrected chi connectivity index (χ0v) is 13.5. The third-order valence-corrected chi connectivity index (χ3v) is 4.45. The Morgan fingerprint density at radius 1 is 1.54 bits per heavy atom. The lowest BCUT2D eigenvalue weighted by molar-refractivity contribution is -0.123. The molecule has 0 unspecified atom stereocenters. The van der Waals surface area contributed by atoms with Gasteiger partial charge in [0, 0.05) is 6.20 Å². The van der Waals surface area contributed by atoms with Gasteiger partial charge < -0.3 is 19.9 Å². The van der Waals surface area contributed by atoms with Crippen molar-refractivity contribution in [3.05, 3.63) is 24.0 Å². The highest BCUT2D eigenvalue weighted by Crippen LogP contribution is 2.38. The second kappa shape index (κ2) is 7.04. The Morgan fingerprint density at radius 2 is 2.33 bits per heavy atom. The lowest BCUT2D eigenvalue weighted by atomic mass is 9.75. The Balaban J connectivity index is 1.70. The minimum atomic E-state index is -0.469. The Kier molecular flexibility index (Phi) is 4.84. The summed E-state index contributed by atoms with van der Waals surface area (Å²) in [5, 5.41) is 12.6. The first-order valence-electron chi connectivity index (χ1n) is 7.95. The molecule has 1 aliphatic carbocycles. The van der Waals surface area contributed by atoms with Crippen molar-refractivity contribution in [2.75, 3.05) is 26.8 Å². The van der Waals surface area contributed by atoms with Gasteiger partial charge in [0.15, 0.2) is 0 Å². The molecule has 1 saturated heterocycles. The van der Waals surface area contributed by atoms with Crippen LogP contribution in [0.25, 0.3) is 0 Å². The number of aromatic nitrogens is 1. The van der Waals surface area contributed by atoms with E-state index in [9.17, 15) is 14.7 Å². The average molecular weight is 335 g/mol. The normalized spacial score (nSPS) is 24.1. The molecule has 24 heavy (non-hydrogen) atoms. The van der Waals surface area contributed by atoms with E-state index in [0.717, 1.165) is 5.56 Å². The summed E-state index contributed by atoms with van der Waals surface area (Å²) in [6.07, 6.45) is 3.72. The van der Waals surface area contributed by atoms with Crippen LogP contribution in [0.3, 0.4) is 0 Å². The highest BCUT2D eigenvalue weighted by molar-refractivity contribution is 5.83. The molecule has 130 valence electrons. The molecule has 0 spiro atoms. The van der Waals surface area contributed by atoms with Crippen LogP contribution in [-0.4, -0.2) is 59.9 Å². The molecule has 0 bridgehead atoms. The number of aliphatic hydroxyl groups is 1. The molecule has 2 N–H and O–H groups in total. The van der Waals surface area contributed by atoms with Crippen molar-refractivity contribution < 1.29 is 24.2 Å². The first kappa shape index (κ1) is 16.5. The quantitative estimate of drug-likeness (QED) is 0.784. The number of amides is 2. The Bertz CT molecular complexity index is 617. The molecule has 8 nitrogen and oxygen atoms in total. The second-order valence-electron chi connectivity index (χ2n) is 6.12. The van der Waals surface area contributed by atoms with Crippen molar-refractivity contribution in [3.8, 4) is 5.75 Å². The summed E-state index contributed by atoms with van der Waals surface area (Å²) >= 11 is 0. The van der Waals surface area contributed by atoms with Gasteiger partial charge in [0.2, 0.25) is 5.91 Å². The van der Waals surface area contributed by atoms with Crippen LogP contribution >= 0.6 is 0 Å². The van der Waals surface area contributed by atoms with Crippen LogP contribution in [0.1, 0.15) is 24.4 Å².